The molecule has 2 aliphatic rings. The summed E-state index contributed by atoms with van der Waals surface area (Å²) in [6, 6.07) is 12.2. The van der Waals surface area contributed by atoms with Crippen molar-refractivity contribution in [2.75, 3.05) is 40.4 Å². The smallest absolute Gasteiger partial charge is 0.254 e. The number of rotatable bonds is 10. The fraction of sp³-hybridized carbons (Fsp3) is 0.516. The fourth-order valence-corrected chi connectivity index (χ4v) is 5.82. The molecule has 2 aromatic rings. The first-order valence-corrected chi connectivity index (χ1v) is 13.6. The van der Waals surface area contributed by atoms with E-state index in [2.05, 4.69) is 4.90 Å². The van der Waals surface area contributed by atoms with Crippen molar-refractivity contribution >= 4 is 12.0 Å². The van der Waals surface area contributed by atoms with Gasteiger partial charge in [0.15, 0.2) is 0 Å². The number of amides is 1. The zero-order chi connectivity index (χ0) is 26.2. The first-order chi connectivity index (χ1) is 17.9. The molecule has 0 spiro atoms. The molecule has 1 amide bonds. The Labute approximate surface area is 221 Å². The number of carbonyl (C=O) groups is 1. The predicted molar refractivity (Wildman–Crippen MR) is 147 cm³/mol. The lowest BCUT2D eigenvalue weighted by Gasteiger charge is -2.34. The van der Waals surface area contributed by atoms with Crippen LogP contribution in [0.5, 0.6) is 11.5 Å². The van der Waals surface area contributed by atoms with Crippen LogP contribution in [0.4, 0.5) is 4.39 Å². The van der Waals surface area contributed by atoms with Crippen LogP contribution in [0.15, 0.2) is 48.0 Å². The number of methoxy groups -OCH3 is 2. The number of benzene rings is 2. The maximum atomic E-state index is 13.9. The minimum atomic E-state index is -0.252. The Bertz CT molecular complexity index is 1040. The van der Waals surface area contributed by atoms with Gasteiger partial charge in [0.1, 0.15) is 17.3 Å². The Morgan fingerprint density at radius 2 is 1.68 bits per heavy atom. The van der Waals surface area contributed by atoms with Gasteiger partial charge in [-0.15, -0.1) is 0 Å². The Kier molecular flexibility index (Phi) is 9.62. The molecule has 2 fully saturated rings. The third kappa shape index (κ3) is 7.57. The Morgan fingerprint density at radius 3 is 2.32 bits per heavy atom. The lowest BCUT2D eigenvalue weighted by atomic mass is 9.89. The van der Waals surface area contributed by atoms with Crippen molar-refractivity contribution in [1.29, 1.82) is 0 Å². The Balaban J connectivity index is 1.55. The van der Waals surface area contributed by atoms with E-state index in [9.17, 15) is 9.18 Å². The molecule has 0 aromatic heterocycles. The van der Waals surface area contributed by atoms with E-state index in [0.29, 0.717) is 36.2 Å². The SMILES string of the molecule is COc1cc(OC)cc(C(=O)N(C/C(C)=C/c2ccc(F)cc2)C[C@@H]2CCCN2CC2CCCCC2)c1. The molecular weight excluding hydrogens is 467 g/mol. The van der Waals surface area contributed by atoms with Gasteiger partial charge >= 0.3 is 0 Å². The van der Waals surface area contributed by atoms with Crippen molar-refractivity contribution in [3.63, 3.8) is 0 Å². The van der Waals surface area contributed by atoms with Crippen LogP contribution in [0.1, 0.15) is 67.8 Å². The molecule has 0 radical (unpaired) electrons. The van der Waals surface area contributed by atoms with Gasteiger partial charge in [-0.2, -0.15) is 0 Å². The van der Waals surface area contributed by atoms with Crippen LogP contribution in [0.2, 0.25) is 0 Å². The molecule has 1 aliphatic carbocycles. The van der Waals surface area contributed by atoms with Gasteiger partial charge in [-0.05, 0) is 74.9 Å². The summed E-state index contributed by atoms with van der Waals surface area (Å²) in [5.74, 6) is 1.69. The van der Waals surface area contributed by atoms with Crippen LogP contribution < -0.4 is 9.47 Å². The summed E-state index contributed by atoms with van der Waals surface area (Å²) in [4.78, 5) is 18.5. The molecule has 1 aliphatic heterocycles. The molecule has 2 aromatic carbocycles. The highest BCUT2D eigenvalue weighted by Gasteiger charge is 2.31. The molecule has 0 bridgehead atoms. The van der Waals surface area contributed by atoms with Crippen LogP contribution in [0.3, 0.4) is 0 Å². The lowest BCUT2D eigenvalue weighted by Crippen LogP contribution is -2.45. The number of likely N-dealkylation sites (tertiary alicyclic amines) is 1. The quantitative estimate of drug-likeness (QED) is 0.371. The Hall–Kier alpha value is -2.86. The zero-order valence-electron chi connectivity index (χ0n) is 22.5. The summed E-state index contributed by atoms with van der Waals surface area (Å²) in [7, 11) is 3.19. The third-order valence-electron chi connectivity index (χ3n) is 7.76. The van der Waals surface area contributed by atoms with E-state index in [0.717, 1.165) is 36.6 Å². The van der Waals surface area contributed by atoms with E-state index in [1.54, 1.807) is 44.6 Å². The van der Waals surface area contributed by atoms with E-state index in [-0.39, 0.29) is 11.7 Å². The molecule has 1 saturated heterocycles. The number of hydrogen-bond donors (Lipinski definition) is 0. The molecular formula is C31H41FN2O3. The van der Waals surface area contributed by atoms with E-state index in [1.807, 2.05) is 17.9 Å². The number of hydrogen-bond acceptors (Lipinski definition) is 4. The summed E-state index contributed by atoms with van der Waals surface area (Å²) in [5.41, 5.74) is 2.53. The molecule has 37 heavy (non-hydrogen) atoms. The molecule has 4 rings (SSSR count). The first-order valence-electron chi connectivity index (χ1n) is 13.6. The predicted octanol–water partition coefficient (Wildman–Crippen LogP) is 6.43. The van der Waals surface area contributed by atoms with Crippen LogP contribution in [-0.4, -0.2) is 62.1 Å². The second kappa shape index (κ2) is 13.1. The van der Waals surface area contributed by atoms with E-state index >= 15 is 0 Å². The van der Waals surface area contributed by atoms with Crippen molar-refractivity contribution in [3.05, 3.63) is 65.0 Å². The van der Waals surface area contributed by atoms with Crippen molar-refractivity contribution < 1.29 is 18.7 Å². The highest BCUT2D eigenvalue weighted by Crippen LogP contribution is 2.29. The molecule has 1 heterocycles. The van der Waals surface area contributed by atoms with E-state index in [1.165, 1.54) is 50.7 Å². The standard InChI is InChI=1S/C31H41FN2O3/c1-23(16-24-11-13-27(32)14-12-24)20-34(31(35)26-17-29(36-2)19-30(18-26)37-3)22-28-10-7-15-33(28)21-25-8-5-4-6-9-25/h11-14,16-19,25,28H,4-10,15,20-22H2,1-3H3/b23-16+/t28-/m0/s1. The van der Waals surface area contributed by atoms with Gasteiger partial charge in [0.25, 0.3) is 5.91 Å². The van der Waals surface area contributed by atoms with Crippen LogP contribution in [-0.2, 0) is 0 Å². The Morgan fingerprint density at radius 1 is 1.00 bits per heavy atom. The van der Waals surface area contributed by atoms with E-state index < -0.39 is 0 Å². The van der Waals surface area contributed by atoms with E-state index in [4.69, 9.17) is 9.47 Å². The highest BCUT2D eigenvalue weighted by molar-refractivity contribution is 5.95. The second-order valence-electron chi connectivity index (χ2n) is 10.6. The topological polar surface area (TPSA) is 42.0 Å². The van der Waals surface area contributed by atoms with Crippen molar-refractivity contribution in [3.8, 4) is 11.5 Å². The number of halogens is 1. The fourth-order valence-electron chi connectivity index (χ4n) is 5.82. The van der Waals surface area contributed by atoms with Gasteiger partial charge in [-0.3, -0.25) is 9.69 Å². The molecule has 0 N–H and O–H groups in total. The number of nitrogens with zero attached hydrogens (tertiary/aromatic N) is 2. The van der Waals surface area contributed by atoms with Gasteiger partial charge in [0.05, 0.1) is 14.2 Å². The summed E-state index contributed by atoms with van der Waals surface area (Å²) in [5, 5.41) is 0. The minimum Gasteiger partial charge on any atom is -0.497 e. The minimum absolute atomic E-state index is 0.0337. The number of carbonyl (C=O) groups excluding carboxylic acids is 1. The molecule has 6 heteroatoms. The number of ether oxygens (including phenoxy) is 2. The van der Waals surface area contributed by atoms with Gasteiger partial charge in [0, 0.05) is 37.3 Å². The van der Waals surface area contributed by atoms with Gasteiger partial charge < -0.3 is 14.4 Å². The monoisotopic (exact) mass is 508 g/mol. The van der Waals surface area contributed by atoms with Crippen LogP contribution in [0.25, 0.3) is 6.08 Å². The van der Waals surface area contributed by atoms with Crippen LogP contribution in [0, 0.1) is 11.7 Å². The second-order valence-corrected chi connectivity index (χ2v) is 10.6. The van der Waals surface area contributed by atoms with Crippen LogP contribution >= 0.6 is 0 Å². The molecule has 200 valence electrons. The molecule has 1 atom stereocenters. The maximum Gasteiger partial charge on any atom is 0.254 e. The average Bonchev–Trinajstić information content (AvgIpc) is 3.35. The molecule has 5 nitrogen and oxygen atoms in total. The summed E-state index contributed by atoms with van der Waals surface area (Å²) in [6.45, 7) is 5.47. The largest absolute Gasteiger partial charge is 0.497 e. The summed E-state index contributed by atoms with van der Waals surface area (Å²) in [6.07, 6.45) is 11.0. The highest BCUT2D eigenvalue weighted by atomic mass is 19.1. The average molecular weight is 509 g/mol. The molecule has 1 saturated carbocycles. The van der Waals surface area contributed by atoms with Crippen molar-refractivity contribution in [1.82, 2.24) is 9.80 Å². The lowest BCUT2D eigenvalue weighted by molar-refractivity contribution is 0.0709. The van der Waals surface area contributed by atoms with Crippen molar-refractivity contribution in [2.45, 2.75) is 57.9 Å². The van der Waals surface area contributed by atoms with Gasteiger partial charge in [-0.25, -0.2) is 4.39 Å². The van der Waals surface area contributed by atoms with Gasteiger partial charge in [0.2, 0.25) is 0 Å². The molecule has 0 unspecified atom stereocenters. The van der Waals surface area contributed by atoms with Crippen molar-refractivity contribution in [2.24, 2.45) is 5.92 Å². The summed E-state index contributed by atoms with van der Waals surface area (Å²) >= 11 is 0. The summed E-state index contributed by atoms with van der Waals surface area (Å²) < 4.78 is 24.2. The third-order valence-corrected chi connectivity index (χ3v) is 7.76. The first kappa shape index (κ1) is 27.2. The van der Waals surface area contributed by atoms with Gasteiger partial charge in [-0.1, -0.05) is 43.0 Å². The normalized spacial score (nSPS) is 19.1. The zero-order valence-corrected chi connectivity index (χ0v) is 22.5. The maximum absolute atomic E-state index is 13.9.